The van der Waals surface area contributed by atoms with Crippen LogP contribution in [-0.4, -0.2) is 51.9 Å². The third-order valence-corrected chi connectivity index (χ3v) is 8.28. The Morgan fingerprint density at radius 1 is 0.974 bits per heavy atom. The first-order valence-electron chi connectivity index (χ1n) is 12.0. The molecule has 0 spiro atoms. The molecule has 0 aliphatic rings. The molecule has 3 rings (SSSR count). The van der Waals surface area contributed by atoms with E-state index >= 15 is 0 Å². The van der Waals surface area contributed by atoms with Crippen molar-refractivity contribution >= 4 is 39.1 Å². The predicted molar refractivity (Wildman–Crippen MR) is 149 cm³/mol. The normalized spacial score (nSPS) is 11.9. The van der Waals surface area contributed by atoms with Gasteiger partial charge in [-0.3, -0.25) is 13.9 Å². The maximum atomic E-state index is 13.8. The van der Waals surface area contributed by atoms with Gasteiger partial charge >= 0.3 is 0 Å². The van der Waals surface area contributed by atoms with E-state index in [0.717, 1.165) is 21.0 Å². The first-order chi connectivity index (χ1) is 18.0. The van der Waals surface area contributed by atoms with E-state index in [0.29, 0.717) is 5.75 Å². The minimum atomic E-state index is -4.18. The first kappa shape index (κ1) is 29.0. The van der Waals surface area contributed by atoms with E-state index in [-0.39, 0.29) is 28.1 Å². The van der Waals surface area contributed by atoms with E-state index in [9.17, 15) is 18.0 Å². The molecule has 3 aromatic carbocycles. The van der Waals surface area contributed by atoms with Gasteiger partial charge in [0.1, 0.15) is 18.3 Å². The molecule has 3 aromatic rings. The van der Waals surface area contributed by atoms with Crippen molar-refractivity contribution < 1.29 is 22.7 Å². The molecule has 8 nitrogen and oxygen atoms in total. The summed E-state index contributed by atoms with van der Waals surface area (Å²) in [6.07, 6.45) is 0. The highest BCUT2D eigenvalue weighted by atomic mass is 35.5. The highest BCUT2D eigenvalue weighted by Gasteiger charge is 2.32. The van der Waals surface area contributed by atoms with Gasteiger partial charge in [-0.1, -0.05) is 59.1 Å². The number of methoxy groups -OCH3 is 1. The zero-order valence-electron chi connectivity index (χ0n) is 22.1. The van der Waals surface area contributed by atoms with Crippen molar-refractivity contribution in [3.63, 3.8) is 0 Å². The molecule has 0 bridgehead atoms. The Balaban J connectivity index is 2.06. The maximum absolute atomic E-state index is 13.8. The van der Waals surface area contributed by atoms with Crippen LogP contribution in [0.1, 0.15) is 23.6 Å². The Morgan fingerprint density at radius 2 is 1.55 bits per heavy atom. The number of likely N-dealkylation sites (N-methyl/N-ethyl adjacent to an activating group) is 1. The summed E-state index contributed by atoms with van der Waals surface area (Å²) in [4.78, 5) is 27.7. The van der Waals surface area contributed by atoms with Gasteiger partial charge in [-0.2, -0.15) is 0 Å². The van der Waals surface area contributed by atoms with Crippen LogP contribution in [0.15, 0.2) is 71.6 Å². The molecule has 2 amide bonds. The average Bonchev–Trinajstić information content (AvgIpc) is 2.90. The number of anilines is 1. The number of amides is 2. The van der Waals surface area contributed by atoms with Gasteiger partial charge in [0.25, 0.3) is 10.0 Å². The van der Waals surface area contributed by atoms with Crippen molar-refractivity contribution in [2.45, 2.75) is 38.3 Å². The number of benzene rings is 3. The van der Waals surface area contributed by atoms with Gasteiger partial charge in [-0.15, -0.1) is 0 Å². The lowest BCUT2D eigenvalue weighted by molar-refractivity contribution is -0.139. The topological polar surface area (TPSA) is 96.0 Å². The number of rotatable bonds is 10. The molecule has 1 atom stereocenters. The molecule has 0 saturated heterocycles. The van der Waals surface area contributed by atoms with E-state index in [4.69, 9.17) is 16.3 Å². The van der Waals surface area contributed by atoms with E-state index in [1.54, 1.807) is 19.1 Å². The molecule has 0 aromatic heterocycles. The molecule has 0 heterocycles. The minimum Gasteiger partial charge on any atom is -0.495 e. The molecular weight excluding hydrogens is 526 g/mol. The van der Waals surface area contributed by atoms with Crippen LogP contribution >= 0.6 is 11.6 Å². The Hall–Kier alpha value is -3.56. The van der Waals surface area contributed by atoms with Gasteiger partial charge in [0.05, 0.1) is 22.7 Å². The SMILES string of the molecule is CNC(=O)C(C)N(Cc1ccc(C)cc1)C(=O)CN(c1ccc(OC)c(Cl)c1)S(=O)(=O)c1ccc(C)cc1. The number of carbonyl (C=O) groups excluding carboxylic acids is 2. The molecule has 38 heavy (non-hydrogen) atoms. The highest BCUT2D eigenvalue weighted by molar-refractivity contribution is 7.92. The number of carbonyl (C=O) groups is 2. The Kier molecular flexibility index (Phi) is 9.40. The van der Waals surface area contributed by atoms with Crippen LogP contribution in [0.25, 0.3) is 0 Å². The maximum Gasteiger partial charge on any atom is 0.264 e. The summed E-state index contributed by atoms with van der Waals surface area (Å²) < 4.78 is 33.9. The molecule has 0 fully saturated rings. The lowest BCUT2D eigenvalue weighted by Gasteiger charge is -2.32. The number of nitrogens with one attached hydrogen (secondary N) is 1. The largest absolute Gasteiger partial charge is 0.495 e. The van der Waals surface area contributed by atoms with Crippen LogP contribution in [0.3, 0.4) is 0 Å². The number of nitrogens with zero attached hydrogens (tertiary/aromatic N) is 2. The number of hydrogen-bond acceptors (Lipinski definition) is 5. The average molecular weight is 558 g/mol. The molecule has 0 aliphatic carbocycles. The second kappa shape index (κ2) is 12.3. The summed E-state index contributed by atoms with van der Waals surface area (Å²) in [6, 6.07) is 17.6. The van der Waals surface area contributed by atoms with Crippen LogP contribution in [0.4, 0.5) is 5.69 Å². The summed E-state index contributed by atoms with van der Waals surface area (Å²) in [5, 5.41) is 2.76. The van der Waals surface area contributed by atoms with Crippen LogP contribution < -0.4 is 14.4 Å². The number of hydrogen-bond donors (Lipinski definition) is 1. The fourth-order valence-corrected chi connectivity index (χ4v) is 5.52. The van der Waals surface area contributed by atoms with Crippen molar-refractivity contribution in [3.8, 4) is 5.75 Å². The second-order valence-electron chi connectivity index (χ2n) is 8.94. The number of halogens is 1. The predicted octanol–water partition coefficient (Wildman–Crippen LogP) is 4.32. The first-order valence-corrected chi connectivity index (χ1v) is 13.8. The fraction of sp³-hybridized carbons (Fsp3) is 0.286. The monoisotopic (exact) mass is 557 g/mol. The number of ether oxygens (including phenoxy) is 1. The van der Waals surface area contributed by atoms with Crippen LogP contribution in [0.2, 0.25) is 5.02 Å². The molecule has 0 aliphatic heterocycles. The van der Waals surface area contributed by atoms with Gasteiger partial charge in [0, 0.05) is 13.6 Å². The summed E-state index contributed by atoms with van der Waals surface area (Å²) in [6.45, 7) is 4.98. The van der Waals surface area contributed by atoms with Crippen molar-refractivity contribution in [2.75, 3.05) is 25.0 Å². The third kappa shape index (κ3) is 6.65. The quantitative estimate of drug-likeness (QED) is 0.400. The van der Waals surface area contributed by atoms with Gasteiger partial charge in [0.15, 0.2) is 0 Å². The minimum absolute atomic E-state index is 0.0206. The summed E-state index contributed by atoms with van der Waals surface area (Å²) in [5.41, 5.74) is 2.94. The molecule has 10 heteroatoms. The Bertz CT molecular complexity index is 1390. The van der Waals surface area contributed by atoms with E-state index in [1.807, 2.05) is 38.1 Å². The second-order valence-corrected chi connectivity index (χ2v) is 11.2. The summed E-state index contributed by atoms with van der Waals surface area (Å²) in [7, 11) is -1.24. The zero-order chi connectivity index (χ0) is 28.0. The van der Waals surface area contributed by atoms with Crippen molar-refractivity contribution in [3.05, 3.63) is 88.4 Å². The van der Waals surface area contributed by atoms with Crippen molar-refractivity contribution in [2.24, 2.45) is 0 Å². The molecule has 0 saturated carbocycles. The standard InChI is InChI=1S/C28H32ClN3O5S/c1-19-6-10-22(11-7-19)17-31(21(3)28(34)30-4)27(33)18-32(23-12-15-26(37-5)25(29)16-23)38(35,36)24-13-8-20(2)9-14-24/h6-16,21H,17-18H2,1-5H3,(H,30,34). The van der Waals surface area contributed by atoms with Crippen LogP contribution in [0, 0.1) is 13.8 Å². The van der Waals surface area contributed by atoms with E-state index in [1.165, 1.54) is 49.4 Å². The lowest BCUT2D eigenvalue weighted by Crippen LogP contribution is -2.50. The highest BCUT2D eigenvalue weighted by Crippen LogP contribution is 2.32. The molecule has 1 N–H and O–H groups in total. The molecule has 0 radical (unpaired) electrons. The van der Waals surface area contributed by atoms with Gasteiger partial charge in [-0.25, -0.2) is 8.42 Å². The smallest absolute Gasteiger partial charge is 0.264 e. The van der Waals surface area contributed by atoms with Gasteiger partial charge in [-0.05, 0) is 56.7 Å². The third-order valence-electron chi connectivity index (χ3n) is 6.20. The number of sulfonamides is 1. The van der Waals surface area contributed by atoms with E-state index in [2.05, 4.69) is 5.32 Å². The molecule has 202 valence electrons. The van der Waals surface area contributed by atoms with Crippen molar-refractivity contribution in [1.82, 2.24) is 10.2 Å². The van der Waals surface area contributed by atoms with Gasteiger partial charge < -0.3 is 15.0 Å². The van der Waals surface area contributed by atoms with Crippen LogP contribution in [-0.2, 0) is 26.2 Å². The molecule has 1 unspecified atom stereocenters. The Labute approximate surface area is 229 Å². The summed E-state index contributed by atoms with van der Waals surface area (Å²) in [5.74, 6) is -0.557. The fourth-order valence-electron chi connectivity index (χ4n) is 3.86. The van der Waals surface area contributed by atoms with Gasteiger partial charge in [0.2, 0.25) is 11.8 Å². The van der Waals surface area contributed by atoms with E-state index < -0.39 is 28.5 Å². The summed E-state index contributed by atoms with van der Waals surface area (Å²) >= 11 is 6.33. The Morgan fingerprint density at radius 3 is 2.08 bits per heavy atom. The molecular formula is C28H32ClN3O5S. The zero-order valence-corrected chi connectivity index (χ0v) is 23.6. The van der Waals surface area contributed by atoms with Crippen LogP contribution in [0.5, 0.6) is 5.75 Å². The van der Waals surface area contributed by atoms with Crippen molar-refractivity contribution in [1.29, 1.82) is 0 Å². The number of aryl methyl sites for hydroxylation is 2. The lowest BCUT2D eigenvalue weighted by atomic mass is 10.1.